The number of alkyl halides is 2. The number of nitrogens with two attached hydrogens (primary N) is 1. The maximum Gasteiger partial charge on any atom is 0.256 e. The van der Waals surface area contributed by atoms with Crippen LogP contribution in [0.2, 0.25) is 0 Å². The topological polar surface area (TPSA) is 26.0 Å². The molecule has 1 aromatic carbocycles. The lowest BCUT2D eigenvalue weighted by Gasteiger charge is -2.24. The van der Waals surface area contributed by atoms with Gasteiger partial charge in [-0.15, -0.1) is 0 Å². The standard InChI is InChI=1S/C11H14F3N/c1-7-5-9(12)4-3-8(7)6-11(2,15)10(13)14/h3-5,10H,6,15H2,1-2H3. The van der Waals surface area contributed by atoms with E-state index < -0.39 is 12.0 Å². The van der Waals surface area contributed by atoms with Crippen molar-refractivity contribution in [2.45, 2.75) is 32.2 Å². The molecule has 1 unspecified atom stereocenters. The molecule has 15 heavy (non-hydrogen) atoms. The minimum atomic E-state index is -2.60. The third-order valence-corrected chi connectivity index (χ3v) is 2.37. The molecule has 1 atom stereocenters. The van der Waals surface area contributed by atoms with Crippen molar-refractivity contribution in [3.05, 3.63) is 35.1 Å². The van der Waals surface area contributed by atoms with Crippen LogP contribution in [0.3, 0.4) is 0 Å². The molecular weight excluding hydrogens is 203 g/mol. The number of aryl methyl sites for hydroxylation is 1. The van der Waals surface area contributed by atoms with Crippen molar-refractivity contribution in [3.63, 3.8) is 0 Å². The second-order valence-corrected chi connectivity index (χ2v) is 4.05. The summed E-state index contributed by atoms with van der Waals surface area (Å²) in [5.41, 5.74) is 5.19. The van der Waals surface area contributed by atoms with Gasteiger partial charge in [-0.2, -0.15) is 0 Å². The van der Waals surface area contributed by atoms with Crippen molar-refractivity contribution < 1.29 is 13.2 Å². The molecule has 0 radical (unpaired) electrons. The Hall–Kier alpha value is -1.03. The van der Waals surface area contributed by atoms with Crippen molar-refractivity contribution in [3.8, 4) is 0 Å². The molecule has 0 amide bonds. The Morgan fingerprint density at radius 3 is 2.47 bits per heavy atom. The number of rotatable bonds is 3. The SMILES string of the molecule is Cc1cc(F)ccc1CC(C)(N)C(F)F. The average molecular weight is 217 g/mol. The lowest BCUT2D eigenvalue weighted by atomic mass is 9.92. The summed E-state index contributed by atoms with van der Waals surface area (Å²) >= 11 is 0. The molecule has 2 N–H and O–H groups in total. The van der Waals surface area contributed by atoms with Crippen molar-refractivity contribution in [2.24, 2.45) is 5.73 Å². The molecule has 0 aliphatic rings. The van der Waals surface area contributed by atoms with E-state index >= 15 is 0 Å². The lowest BCUT2D eigenvalue weighted by molar-refractivity contribution is 0.0638. The largest absolute Gasteiger partial charge is 0.320 e. The highest BCUT2D eigenvalue weighted by Crippen LogP contribution is 2.20. The summed E-state index contributed by atoms with van der Waals surface area (Å²) in [5, 5.41) is 0. The van der Waals surface area contributed by atoms with E-state index in [2.05, 4.69) is 0 Å². The van der Waals surface area contributed by atoms with Crippen LogP contribution in [0, 0.1) is 12.7 Å². The van der Waals surface area contributed by atoms with Gasteiger partial charge in [0.15, 0.2) is 0 Å². The minimum absolute atomic E-state index is 0.0385. The molecule has 0 fully saturated rings. The van der Waals surface area contributed by atoms with Crippen molar-refractivity contribution in [2.75, 3.05) is 0 Å². The first-order valence-electron chi connectivity index (χ1n) is 4.65. The van der Waals surface area contributed by atoms with Gasteiger partial charge in [-0.1, -0.05) is 6.07 Å². The number of benzene rings is 1. The molecule has 0 aliphatic heterocycles. The van der Waals surface area contributed by atoms with E-state index in [1.807, 2.05) is 0 Å². The smallest absolute Gasteiger partial charge is 0.256 e. The second kappa shape index (κ2) is 4.23. The Bertz CT molecular complexity index is 348. The molecule has 0 aliphatic carbocycles. The molecule has 0 heterocycles. The van der Waals surface area contributed by atoms with Gasteiger partial charge in [0.25, 0.3) is 6.43 Å². The van der Waals surface area contributed by atoms with Gasteiger partial charge in [-0.25, -0.2) is 13.2 Å². The zero-order chi connectivity index (χ0) is 11.6. The van der Waals surface area contributed by atoms with Gasteiger partial charge < -0.3 is 5.73 Å². The van der Waals surface area contributed by atoms with Crippen molar-refractivity contribution in [1.29, 1.82) is 0 Å². The molecule has 0 bridgehead atoms. The van der Waals surface area contributed by atoms with Crippen LogP contribution in [-0.4, -0.2) is 12.0 Å². The Morgan fingerprint density at radius 1 is 1.40 bits per heavy atom. The number of halogens is 3. The summed E-state index contributed by atoms with van der Waals surface area (Å²) in [5.74, 6) is -0.368. The van der Waals surface area contributed by atoms with Gasteiger partial charge in [0, 0.05) is 0 Å². The summed E-state index contributed by atoms with van der Waals surface area (Å²) in [6.45, 7) is 2.97. The summed E-state index contributed by atoms with van der Waals surface area (Å²) in [4.78, 5) is 0. The highest BCUT2D eigenvalue weighted by molar-refractivity contribution is 5.28. The third kappa shape index (κ3) is 2.96. The van der Waals surface area contributed by atoms with Crippen LogP contribution < -0.4 is 5.73 Å². The van der Waals surface area contributed by atoms with Gasteiger partial charge in [0.1, 0.15) is 5.82 Å². The van der Waals surface area contributed by atoms with Crippen LogP contribution in [0.1, 0.15) is 18.1 Å². The molecule has 0 aromatic heterocycles. The van der Waals surface area contributed by atoms with E-state index in [4.69, 9.17) is 5.73 Å². The Balaban J connectivity index is 2.90. The van der Waals surface area contributed by atoms with Crippen LogP contribution in [0.15, 0.2) is 18.2 Å². The average Bonchev–Trinajstić information content (AvgIpc) is 2.09. The van der Waals surface area contributed by atoms with Crippen molar-refractivity contribution in [1.82, 2.24) is 0 Å². The van der Waals surface area contributed by atoms with Gasteiger partial charge >= 0.3 is 0 Å². The highest BCUT2D eigenvalue weighted by Gasteiger charge is 2.30. The van der Waals surface area contributed by atoms with Gasteiger partial charge in [-0.05, 0) is 43.5 Å². The lowest BCUT2D eigenvalue weighted by Crippen LogP contribution is -2.46. The first kappa shape index (κ1) is 12.0. The Labute approximate surface area is 87.1 Å². The molecule has 1 aromatic rings. The van der Waals surface area contributed by atoms with E-state index in [1.165, 1.54) is 25.1 Å². The zero-order valence-corrected chi connectivity index (χ0v) is 8.73. The fourth-order valence-electron chi connectivity index (χ4n) is 1.35. The van der Waals surface area contributed by atoms with E-state index in [0.717, 1.165) is 0 Å². The fraction of sp³-hybridized carbons (Fsp3) is 0.455. The molecule has 1 nitrogen and oxygen atoms in total. The van der Waals surface area contributed by atoms with E-state index in [-0.39, 0.29) is 12.2 Å². The maximum atomic E-state index is 12.8. The number of hydrogen-bond acceptors (Lipinski definition) is 1. The van der Waals surface area contributed by atoms with Crippen LogP contribution in [0.4, 0.5) is 13.2 Å². The third-order valence-electron chi connectivity index (χ3n) is 2.37. The van der Waals surface area contributed by atoms with Gasteiger partial charge in [0.05, 0.1) is 5.54 Å². The first-order chi connectivity index (χ1) is 6.83. The molecular formula is C11H14F3N. The van der Waals surface area contributed by atoms with Crippen LogP contribution in [0.5, 0.6) is 0 Å². The Morgan fingerprint density at radius 2 is 2.00 bits per heavy atom. The van der Waals surface area contributed by atoms with Crippen molar-refractivity contribution >= 4 is 0 Å². The summed E-state index contributed by atoms with van der Waals surface area (Å²) in [6, 6.07) is 4.07. The van der Waals surface area contributed by atoms with Crippen LogP contribution >= 0.6 is 0 Å². The number of hydrogen-bond donors (Lipinski definition) is 1. The quantitative estimate of drug-likeness (QED) is 0.827. The molecule has 0 saturated heterocycles. The molecule has 0 saturated carbocycles. The molecule has 1 rings (SSSR count). The molecule has 0 spiro atoms. The first-order valence-corrected chi connectivity index (χ1v) is 4.65. The molecule has 84 valence electrons. The summed E-state index contributed by atoms with van der Waals surface area (Å²) in [6.07, 6.45) is -2.56. The fourth-order valence-corrected chi connectivity index (χ4v) is 1.35. The summed E-state index contributed by atoms with van der Waals surface area (Å²) in [7, 11) is 0. The zero-order valence-electron chi connectivity index (χ0n) is 8.73. The molecule has 4 heteroatoms. The minimum Gasteiger partial charge on any atom is -0.320 e. The van der Waals surface area contributed by atoms with E-state index in [1.54, 1.807) is 6.92 Å². The highest BCUT2D eigenvalue weighted by atomic mass is 19.3. The predicted molar refractivity (Wildman–Crippen MR) is 53.4 cm³/mol. The monoisotopic (exact) mass is 217 g/mol. The van der Waals surface area contributed by atoms with Gasteiger partial charge in [0.2, 0.25) is 0 Å². The maximum absolute atomic E-state index is 12.8. The summed E-state index contributed by atoms with van der Waals surface area (Å²) < 4.78 is 37.8. The van der Waals surface area contributed by atoms with Gasteiger partial charge in [-0.3, -0.25) is 0 Å². The van der Waals surface area contributed by atoms with Crippen LogP contribution in [0.25, 0.3) is 0 Å². The normalized spacial score (nSPS) is 15.4. The Kier molecular flexibility index (Phi) is 3.39. The predicted octanol–water partition coefficient (Wildman–Crippen LogP) is 2.66. The van der Waals surface area contributed by atoms with E-state index in [0.29, 0.717) is 11.1 Å². The van der Waals surface area contributed by atoms with E-state index in [9.17, 15) is 13.2 Å². The second-order valence-electron chi connectivity index (χ2n) is 4.05. The van der Waals surface area contributed by atoms with Crippen LogP contribution in [-0.2, 0) is 6.42 Å².